The quantitative estimate of drug-likeness (QED) is 0.879. The molecule has 1 aromatic carbocycles. The molecule has 26 heavy (non-hydrogen) atoms. The van der Waals surface area contributed by atoms with E-state index in [-0.39, 0.29) is 17.4 Å². The van der Waals surface area contributed by atoms with E-state index in [9.17, 15) is 4.79 Å². The molecular formula is C19H23N5OS. The van der Waals surface area contributed by atoms with Gasteiger partial charge in [0.05, 0.1) is 5.69 Å². The van der Waals surface area contributed by atoms with Gasteiger partial charge in [0.15, 0.2) is 0 Å². The summed E-state index contributed by atoms with van der Waals surface area (Å²) in [5.74, 6) is 0.430. The van der Waals surface area contributed by atoms with Gasteiger partial charge >= 0.3 is 0 Å². The predicted octanol–water partition coefficient (Wildman–Crippen LogP) is 1.14. The normalized spacial score (nSPS) is 35.3. The highest BCUT2D eigenvalue weighted by Gasteiger charge is 2.55. The summed E-state index contributed by atoms with van der Waals surface area (Å²) < 4.78 is 3.93. The van der Waals surface area contributed by atoms with Crippen LogP contribution in [0.1, 0.15) is 20.9 Å². The van der Waals surface area contributed by atoms with E-state index in [1.54, 1.807) is 0 Å². The summed E-state index contributed by atoms with van der Waals surface area (Å²) in [6, 6.07) is 10.9. The van der Waals surface area contributed by atoms with Gasteiger partial charge in [-0.05, 0) is 24.0 Å². The molecule has 5 heterocycles. The molecule has 6 rings (SSSR count). The standard InChI is InChI=1S/C19H23N5OS/c1-13-16(26-22-21-13)18(25)20-17-14-9-23-7-8-24(10-14)12-19(17,11-23)15-5-3-2-4-6-15/h2-6,14,17H,7-12H2,1H3,(H,20,25). The summed E-state index contributed by atoms with van der Waals surface area (Å²) in [5.41, 5.74) is 2.00. The fraction of sp³-hybridized carbons (Fsp3) is 0.526. The molecule has 2 aromatic rings. The Morgan fingerprint density at radius 2 is 1.88 bits per heavy atom. The Kier molecular flexibility index (Phi) is 3.84. The lowest BCUT2D eigenvalue weighted by molar-refractivity contribution is 0.0181. The second kappa shape index (κ2) is 6.11. The molecule has 0 radical (unpaired) electrons. The maximum atomic E-state index is 13.0. The Morgan fingerprint density at radius 3 is 2.50 bits per heavy atom. The molecular weight excluding hydrogens is 346 g/mol. The number of nitrogens with zero attached hydrogens (tertiary/aromatic N) is 4. The van der Waals surface area contributed by atoms with Gasteiger partial charge in [0.1, 0.15) is 4.88 Å². The van der Waals surface area contributed by atoms with Crippen LogP contribution < -0.4 is 5.32 Å². The van der Waals surface area contributed by atoms with Crippen molar-refractivity contribution in [2.75, 3.05) is 39.3 Å². The van der Waals surface area contributed by atoms with Crippen LogP contribution in [0.4, 0.5) is 0 Å². The van der Waals surface area contributed by atoms with Crippen molar-refractivity contribution < 1.29 is 4.79 Å². The number of nitrogens with one attached hydrogen (secondary N) is 1. The number of carbonyl (C=O) groups is 1. The first-order valence-electron chi connectivity index (χ1n) is 9.26. The Balaban J connectivity index is 1.54. The highest BCUT2D eigenvalue weighted by Crippen LogP contribution is 2.43. The average Bonchev–Trinajstić information content (AvgIpc) is 2.92. The van der Waals surface area contributed by atoms with Gasteiger partial charge in [-0.3, -0.25) is 4.79 Å². The van der Waals surface area contributed by atoms with Crippen molar-refractivity contribution in [2.24, 2.45) is 5.92 Å². The molecule has 0 saturated carbocycles. The van der Waals surface area contributed by atoms with Gasteiger partial charge in [0.2, 0.25) is 0 Å². The molecule has 136 valence electrons. The largest absolute Gasteiger partial charge is 0.347 e. The first kappa shape index (κ1) is 16.4. The second-order valence-electron chi connectivity index (χ2n) is 7.89. The van der Waals surface area contributed by atoms with E-state index in [1.165, 1.54) is 17.1 Å². The lowest BCUT2D eigenvalue weighted by Crippen LogP contribution is -2.70. The Morgan fingerprint density at radius 1 is 1.19 bits per heavy atom. The molecule has 4 aliphatic rings. The molecule has 4 bridgehead atoms. The number of benzene rings is 1. The molecule has 3 atom stereocenters. The van der Waals surface area contributed by atoms with Crippen LogP contribution in [0.5, 0.6) is 0 Å². The number of amides is 1. The lowest BCUT2D eigenvalue weighted by atomic mass is 9.64. The minimum atomic E-state index is -0.0550. The van der Waals surface area contributed by atoms with E-state index in [0.29, 0.717) is 10.8 Å². The van der Waals surface area contributed by atoms with Crippen LogP contribution in [0, 0.1) is 12.8 Å². The van der Waals surface area contributed by atoms with Crippen LogP contribution in [0.2, 0.25) is 0 Å². The summed E-state index contributed by atoms with van der Waals surface area (Å²) in [6.07, 6.45) is 0. The summed E-state index contributed by atoms with van der Waals surface area (Å²) in [5, 5.41) is 7.41. The fourth-order valence-electron chi connectivity index (χ4n) is 5.22. The van der Waals surface area contributed by atoms with Gasteiger partial charge in [-0.15, -0.1) is 5.10 Å². The van der Waals surface area contributed by atoms with Crippen molar-refractivity contribution in [2.45, 2.75) is 18.4 Å². The van der Waals surface area contributed by atoms with Crippen molar-refractivity contribution >= 4 is 17.4 Å². The van der Waals surface area contributed by atoms with E-state index in [0.717, 1.165) is 45.0 Å². The van der Waals surface area contributed by atoms with E-state index in [4.69, 9.17) is 0 Å². The second-order valence-corrected chi connectivity index (χ2v) is 8.65. The smallest absolute Gasteiger partial charge is 0.265 e. The predicted molar refractivity (Wildman–Crippen MR) is 100 cm³/mol. The van der Waals surface area contributed by atoms with Crippen LogP contribution in [-0.4, -0.2) is 70.6 Å². The van der Waals surface area contributed by atoms with Gasteiger partial charge < -0.3 is 15.1 Å². The number of hydrogen-bond acceptors (Lipinski definition) is 6. The SMILES string of the molecule is Cc1nnsc1C(=O)NC1C2CN3CCN(C2)CC1(c1ccccc1)C3. The highest BCUT2D eigenvalue weighted by atomic mass is 32.1. The Bertz CT molecular complexity index is 806. The van der Waals surface area contributed by atoms with Gasteiger partial charge in [0, 0.05) is 56.6 Å². The monoisotopic (exact) mass is 369 g/mol. The Labute approximate surface area is 157 Å². The van der Waals surface area contributed by atoms with E-state index < -0.39 is 0 Å². The van der Waals surface area contributed by atoms with Crippen LogP contribution in [0.3, 0.4) is 0 Å². The molecule has 0 spiro atoms. The van der Waals surface area contributed by atoms with Crippen molar-refractivity contribution in [3.05, 3.63) is 46.5 Å². The lowest BCUT2D eigenvalue weighted by Gasteiger charge is -2.55. The number of hydrogen-bond donors (Lipinski definition) is 1. The summed E-state index contributed by atoms with van der Waals surface area (Å²) >= 11 is 1.19. The minimum Gasteiger partial charge on any atom is -0.347 e. The molecule has 0 aliphatic carbocycles. The Hall–Kier alpha value is -1.83. The van der Waals surface area contributed by atoms with Gasteiger partial charge in [-0.2, -0.15) is 0 Å². The number of fused-ring (bicyclic) bond motifs is 1. The van der Waals surface area contributed by atoms with E-state index in [1.807, 2.05) is 6.92 Å². The average molecular weight is 369 g/mol. The molecule has 4 saturated heterocycles. The van der Waals surface area contributed by atoms with E-state index >= 15 is 0 Å². The number of aromatic nitrogens is 2. The minimum absolute atomic E-state index is 0.0195. The zero-order valence-electron chi connectivity index (χ0n) is 14.9. The summed E-state index contributed by atoms with van der Waals surface area (Å²) in [7, 11) is 0. The zero-order valence-corrected chi connectivity index (χ0v) is 15.7. The van der Waals surface area contributed by atoms with Crippen molar-refractivity contribution in [3.63, 3.8) is 0 Å². The zero-order chi connectivity index (χ0) is 17.7. The van der Waals surface area contributed by atoms with Gasteiger partial charge in [-0.25, -0.2) is 0 Å². The molecule has 4 fully saturated rings. The fourth-order valence-corrected chi connectivity index (χ4v) is 5.77. The van der Waals surface area contributed by atoms with Crippen LogP contribution in [0.15, 0.2) is 30.3 Å². The molecule has 1 N–H and O–H groups in total. The molecule has 1 amide bonds. The third-order valence-corrected chi connectivity index (χ3v) is 7.12. The topological polar surface area (TPSA) is 61.4 Å². The summed E-state index contributed by atoms with van der Waals surface area (Å²) in [4.78, 5) is 18.8. The first-order chi connectivity index (χ1) is 12.7. The van der Waals surface area contributed by atoms with Crippen LogP contribution in [0.25, 0.3) is 0 Å². The highest BCUT2D eigenvalue weighted by molar-refractivity contribution is 7.08. The number of piperidine rings is 2. The third kappa shape index (κ3) is 2.49. The summed E-state index contributed by atoms with van der Waals surface area (Å²) in [6.45, 7) is 8.26. The molecule has 3 unspecified atom stereocenters. The molecule has 4 aliphatic heterocycles. The van der Waals surface area contributed by atoms with Crippen LogP contribution >= 0.6 is 11.5 Å². The maximum absolute atomic E-state index is 13.0. The van der Waals surface area contributed by atoms with Crippen molar-refractivity contribution in [1.29, 1.82) is 0 Å². The van der Waals surface area contributed by atoms with Crippen molar-refractivity contribution in [1.82, 2.24) is 24.7 Å². The van der Waals surface area contributed by atoms with Gasteiger partial charge in [0.25, 0.3) is 5.91 Å². The van der Waals surface area contributed by atoms with E-state index in [2.05, 4.69) is 55.0 Å². The number of carbonyl (C=O) groups excluding carboxylic acids is 1. The van der Waals surface area contributed by atoms with Crippen LogP contribution in [-0.2, 0) is 5.41 Å². The molecule has 1 aromatic heterocycles. The molecule has 7 heteroatoms. The molecule has 6 nitrogen and oxygen atoms in total. The third-order valence-electron chi connectivity index (χ3n) is 6.29. The van der Waals surface area contributed by atoms with Crippen molar-refractivity contribution in [3.8, 4) is 0 Å². The van der Waals surface area contributed by atoms with Gasteiger partial charge in [-0.1, -0.05) is 34.8 Å². The maximum Gasteiger partial charge on any atom is 0.265 e. The number of rotatable bonds is 3. The first-order valence-corrected chi connectivity index (χ1v) is 10.0. The number of aryl methyl sites for hydroxylation is 1.